The summed E-state index contributed by atoms with van der Waals surface area (Å²) >= 11 is 1.20. The molecule has 1 aliphatic rings. The van der Waals surface area contributed by atoms with Gasteiger partial charge >= 0.3 is 0 Å². The highest BCUT2D eigenvalue weighted by Gasteiger charge is 2.38. The zero-order chi connectivity index (χ0) is 29.9. The second-order valence-electron chi connectivity index (χ2n) is 9.75. The Hall–Kier alpha value is -4.90. The Labute approximate surface area is 250 Å². The molecule has 0 bridgehead atoms. The quantitative estimate of drug-likeness (QED) is 0.239. The zero-order valence-electron chi connectivity index (χ0n) is 23.0. The molecule has 2 aromatic heterocycles. The third-order valence-corrected chi connectivity index (χ3v) is 8.28. The molecule has 1 atom stereocenters. The van der Waals surface area contributed by atoms with Gasteiger partial charge in [-0.3, -0.25) is 14.5 Å². The Morgan fingerprint density at radius 3 is 2.56 bits per heavy atom. The molecule has 218 valence electrons. The standard InChI is InChI=1S/C32H26F2N4O4S/c1-41-23-12-10-22(11-13-23)38-32-29(30(36-38)20-6-3-2-4-7-20)31(25-14-9-21(33)16-26(25)34)43-19-28(40)37(32)18-27(39)35-17-24-8-5-15-42-24/h2-16,31H,17-19H2,1H3,(H,35,39). The molecule has 0 fully saturated rings. The number of anilines is 1. The highest BCUT2D eigenvalue weighted by atomic mass is 32.2. The molecule has 1 N–H and O–H groups in total. The van der Waals surface area contributed by atoms with Crippen LogP contribution in [0.1, 0.15) is 22.1 Å². The first-order chi connectivity index (χ1) is 20.9. The van der Waals surface area contributed by atoms with Crippen LogP contribution in [0.15, 0.2) is 95.6 Å². The smallest absolute Gasteiger partial charge is 0.240 e. The van der Waals surface area contributed by atoms with Gasteiger partial charge < -0.3 is 14.5 Å². The molecule has 43 heavy (non-hydrogen) atoms. The fourth-order valence-electron chi connectivity index (χ4n) is 4.99. The van der Waals surface area contributed by atoms with Crippen molar-refractivity contribution < 1.29 is 27.5 Å². The van der Waals surface area contributed by atoms with Gasteiger partial charge in [0.25, 0.3) is 0 Å². The summed E-state index contributed by atoms with van der Waals surface area (Å²) < 4.78 is 41.6. The molecule has 3 aromatic carbocycles. The van der Waals surface area contributed by atoms with Crippen LogP contribution in [0.5, 0.6) is 5.75 Å². The zero-order valence-corrected chi connectivity index (χ0v) is 23.8. The molecular formula is C32H26F2N4O4S. The number of hydrogen-bond donors (Lipinski definition) is 1. The Bertz CT molecular complexity index is 1760. The first kappa shape index (κ1) is 28.2. The summed E-state index contributed by atoms with van der Waals surface area (Å²) in [5, 5.41) is 7.01. The number of carbonyl (C=O) groups is 2. The number of furan rings is 1. The average molecular weight is 601 g/mol. The number of rotatable bonds is 8. The molecule has 0 aliphatic carbocycles. The van der Waals surface area contributed by atoms with Gasteiger partial charge in [0.1, 0.15) is 35.5 Å². The topological polar surface area (TPSA) is 89.6 Å². The van der Waals surface area contributed by atoms with Gasteiger partial charge in [-0.1, -0.05) is 36.4 Å². The van der Waals surface area contributed by atoms with E-state index in [1.807, 2.05) is 30.3 Å². The van der Waals surface area contributed by atoms with E-state index in [9.17, 15) is 14.0 Å². The average Bonchev–Trinajstić information content (AvgIpc) is 3.66. The maximum atomic E-state index is 15.4. The van der Waals surface area contributed by atoms with Gasteiger partial charge in [0.15, 0.2) is 0 Å². The number of halogens is 2. The van der Waals surface area contributed by atoms with Crippen molar-refractivity contribution in [3.63, 3.8) is 0 Å². The van der Waals surface area contributed by atoms with Crippen LogP contribution in [-0.2, 0) is 16.1 Å². The third kappa shape index (κ3) is 5.76. The van der Waals surface area contributed by atoms with Crippen LogP contribution in [0, 0.1) is 11.6 Å². The minimum absolute atomic E-state index is 0.0571. The van der Waals surface area contributed by atoms with Gasteiger partial charge in [-0.2, -0.15) is 5.10 Å². The second-order valence-corrected chi connectivity index (χ2v) is 10.8. The molecule has 3 heterocycles. The molecule has 5 aromatic rings. The number of fused-ring (bicyclic) bond motifs is 1. The summed E-state index contributed by atoms with van der Waals surface area (Å²) in [5.74, 6) is -0.778. The summed E-state index contributed by atoms with van der Waals surface area (Å²) in [5.41, 5.74) is 2.57. The number of carbonyl (C=O) groups excluding carboxylic acids is 2. The molecule has 0 saturated heterocycles. The first-order valence-corrected chi connectivity index (χ1v) is 14.5. The van der Waals surface area contributed by atoms with Crippen LogP contribution in [0.25, 0.3) is 16.9 Å². The van der Waals surface area contributed by atoms with E-state index in [2.05, 4.69) is 5.32 Å². The van der Waals surface area contributed by atoms with E-state index in [-0.39, 0.29) is 30.3 Å². The second kappa shape index (κ2) is 12.1. The van der Waals surface area contributed by atoms with Crippen molar-refractivity contribution in [2.24, 2.45) is 0 Å². The molecule has 8 nitrogen and oxygen atoms in total. The summed E-state index contributed by atoms with van der Waals surface area (Å²) in [6.45, 7) is -0.173. The minimum Gasteiger partial charge on any atom is -0.497 e. The number of amides is 2. The van der Waals surface area contributed by atoms with Crippen molar-refractivity contribution in [3.8, 4) is 22.7 Å². The molecule has 1 unspecified atom stereocenters. The number of nitrogens with zero attached hydrogens (tertiary/aromatic N) is 3. The normalized spacial score (nSPS) is 14.7. The van der Waals surface area contributed by atoms with Gasteiger partial charge in [-0.15, -0.1) is 11.8 Å². The summed E-state index contributed by atoms with van der Waals surface area (Å²) in [6, 6.07) is 23.3. The van der Waals surface area contributed by atoms with Gasteiger partial charge in [-0.05, 0) is 42.5 Å². The first-order valence-electron chi connectivity index (χ1n) is 13.4. The molecule has 6 rings (SSSR count). The highest BCUT2D eigenvalue weighted by molar-refractivity contribution is 8.00. The van der Waals surface area contributed by atoms with Gasteiger partial charge in [-0.25, -0.2) is 13.5 Å². The fraction of sp³-hybridized carbons (Fsp3) is 0.156. The number of methoxy groups -OCH3 is 1. The molecule has 0 saturated carbocycles. The van der Waals surface area contributed by atoms with E-state index in [1.165, 1.54) is 35.1 Å². The monoisotopic (exact) mass is 600 g/mol. The largest absolute Gasteiger partial charge is 0.497 e. The van der Waals surface area contributed by atoms with Crippen LogP contribution < -0.4 is 15.0 Å². The van der Waals surface area contributed by atoms with Crippen LogP contribution in [-0.4, -0.2) is 41.0 Å². The highest BCUT2D eigenvalue weighted by Crippen LogP contribution is 2.49. The van der Waals surface area contributed by atoms with Gasteiger partial charge in [0, 0.05) is 22.8 Å². The molecule has 11 heteroatoms. The van der Waals surface area contributed by atoms with Crippen molar-refractivity contribution in [1.29, 1.82) is 0 Å². The molecule has 2 amide bonds. The van der Waals surface area contributed by atoms with Gasteiger partial charge in [0.2, 0.25) is 11.8 Å². The molecule has 1 aliphatic heterocycles. The van der Waals surface area contributed by atoms with Crippen molar-refractivity contribution >= 4 is 29.4 Å². The van der Waals surface area contributed by atoms with E-state index in [4.69, 9.17) is 14.3 Å². The predicted molar refractivity (Wildman–Crippen MR) is 159 cm³/mol. The van der Waals surface area contributed by atoms with Crippen LogP contribution >= 0.6 is 11.8 Å². The van der Waals surface area contributed by atoms with E-state index in [1.54, 1.807) is 48.2 Å². The van der Waals surface area contributed by atoms with Crippen LogP contribution in [0.3, 0.4) is 0 Å². The molecule has 0 spiro atoms. The number of nitrogens with one attached hydrogen (secondary N) is 1. The fourth-order valence-corrected chi connectivity index (χ4v) is 6.21. The van der Waals surface area contributed by atoms with E-state index in [0.29, 0.717) is 34.3 Å². The predicted octanol–water partition coefficient (Wildman–Crippen LogP) is 5.90. The Morgan fingerprint density at radius 1 is 1.07 bits per heavy atom. The number of benzene rings is 3. The van der Waals surface area contributed by atoms with E-state index < -0.39 is 22.8 Å². The lowest BCUT2D eigenvalue weighted by Gasteiger charge is -2.23. The Kier molecular flexibility index (Phi) is 7.97. The number of aromatic nitrogens is 2. The maximum Gasteiger partial charge on any atom is 0.240 e. The number of ether oxygens (including phenoxy) is 1. The van der Waals surface area contributed by atoms with Crippen molar-refractivity contribution in [1.82, 2.24) is 15.1 Å². The maximum absolute atomic E-state index is 15.4. The van der Waals surface area contributed by atoms with Crippen molar-refractivity contribution in [2.75, 3.05) is 24.3 Å². The van der Waals surface area contributed by atoms with Crippen molar-refractivity contribution in [2.45, 2.75) is 11.8 Å². The summed E-state index contributed by atoms with van der Waals surface area (Å²) in [4.78, 5) is 28.4. The molecule has 0 radical (unpaired) electrons. The number of hydrogen-bond acceptors (Lipinski definition) is 6. The van der Waals surface area contributed by atoms with Crippen LogP contribution in [0.4, 0.5) is 14.6 Å². The van der Waals surface area contributed by atoms with E-state index in [0.717, 1.165) is 11.6 Å². The lowest BCUT2D eigenvalue weighted by Crippen LogP contribution is -2.42. The summed E-state index contributed by atoms with van der Waals surface area (Å²) in [7, 11) is 1.56. The minimum atomic E-state index is -0.739. The summed E-state index contributed by atoms with van der Waals surface area (Å²) in [6.07, 6.45) is 1.51. The SMILES string of the molecule is COc1ccc(-n2nc(-c3ccccc3)c3c2N(CC(=O)NCc2ccco2)C(=O)CSC3c2ccc(F)cc2F)cc1. The number of thioether (sulfide) groups is 1. The lowest BCUT2D eigenvalue weighted by molar-refractivity contribution is -0.123. The van der Waals surface area contributed by atoms with Crippen molar-refractivity contribution in [3.05, 3.63) is 120 Å². The van der Waals surface area contributed by atoms with Gasteiger partial charge in [0.05, 0.1) is 42.3 Å². The lowest BCUT2D eigenvalue weighted by atomic mass is 9.99. The van der Waals surface area contributed by atoms with E-state index >= 15 is 4.39 Å². The Morgan fingerprint density at radius 2 is 1.86 bits per heavy atom. The molecular weight excluding hydrogens is 574 g/mol. The van der Waals surface area contributed by atoms with Crippen LogP contribution in [0.2, 0.25) is 0 Å². The Balaban J connectivity index is 1.55. The third-order valence-electron chi connectivity index (χ3n) is 7.04.